The molecule has 0 aromatic rings. The molecule has 1 amide bonds. The van der Waals surface area contributed by atoms with Crippen LogP contribution in [0.5, 0.6) is 0 Å². The molecule has 0 aliphatic carbocycles. The van der Waals surface area contributed by atoms with Gasteiger partial charge >= 0.3 is 0 Å². The van der Waals surface area contributed by atoms with Crippen molar-refractivity contribution < 1.29 is 9.53 Å². The third-order valence-corrected chi connectivity index (χ3v) is 3.50. The summed E-state index contributed by atoms with van der Waals surface area (Å²) in [5.74, 6) is 0.0800. The number of ether oxygens (including phenoxy) is 1. The Morgan fingerprint density at radius 1 is 1.37 bits per heavy atom. The molecule has 0 saturated heterocycles. The van der Waals surface area contributed by atoms with Gasteiger partial charge in [-0.3, -0.25) is 9.69 Å². The molecule has 0 rings (SSSR count). The van der Waals surface area contributed by atoms with Crippen LogP contribution in [0.1, 0.15) is 40.0 Å². The highest BCUT2D eigenvalue weighted by atomic mass is 16.5. The zero-order valence-corrected chi connectivity index (χ0v) is 12.9. The van der Waals surface area contributed by atoms with Crippen LogP contribution < -0.4 is 11.1 Å². The van der Waals surface area contributed by atoms with E-state index in [1.807, 2.05) is 6.92 Å². The van der Waals surface area contributed by atoms with E-state index in [9.17, 15) is 4.79 Å². The van der Waals surface area contributed by atoms with Crippen LogP contribution in [0.4, 0.5) is 0 Å². The lowest BCUT2D eigenvalue weighted by Crippen LogP contribution is -2.51. The third kappa shape index (κ3) is 6.89. The van der Waals surface area contributed by atoms with E-state index >= 15 is 0 Å². The fraction of sp³-hybridized carbons (Fsp3) is 0.929. The predicted molar refractivity (Wildman–Crippen MR) is 79.1 cm³/mol. The van der Waals surface area contributed by atoms with Crippen molar-refractivity contribution in [3.63, 3.8) is 0 Å². The van der Waals surface area contributed by atoms with E-state index in [1.165, 1.54) is 0 Å². The van der Waals surface area contributed by atoms with Gasteiger partial charge in [0.05, 0.1) is 6.04 Å². The normalized spacial score (nSPS) is 13.0. The number of nitrogens with two attached hydrogens (primary N) is 1. The molecule has 0 aromatic carbocycles. The van der Waals surface area contributed by atoms with Gasteiger partial charge in [-0.2, -0.15) is 0 Å². The van der Waals surface area contributed by atoms with Crippen LogP contribution in [0.25, 0.3) is 0 Å². The monoisotopic (exact) mass is 273 g/mol. The summed E-state index contributed by atoms with van der Waals surface area (Å²) < 4.78 is 4.96. The molecule has 0 fully saturated rings. The van der Waals surface area contributed by atoms with Crippen LogP contribution in [0.15, 0.2) is 0 Å². The zero-order valence-electron chi connectivity index (χ0n) is 12.9. The number of methoxy groups -OCH3 is 1. The SMILES string of the molecule is CCC(CC)N(CCN)C(C)C(=O)NCCCOC. The number of carbonyl (C=O) groups is 1. The maximum Gasteiger partial charge on any atom is 0.237 e. The van der Waals surface area contributed by atoms with Crippen molar-refractivity contribution in [3.05, 3.63) is 0 Å². The quantitative estimate of drug-likeness (QED) is 0.551. The molecule has 1 unspecified atom stereocenters. The summed E-state index contributed by atoms with van der Waals surface area (Å²) in [6.45, 7) is 8.95. The number of rotatable bonds is 11. The van der Waals surface area contributed by atoms with E-state index < -0.39 is 0 Å². The number of carbonyl (C=O) groups excluding carboxylic acids is 1. The Hall–Kier alpha value is -0.650. The largest absolute Gasteiger partial charge is 0.385 e. The summed E-state index contributed by atoms with van der Waals surface area (Å²) in [5, 5.41) is 2.96. The minimum atomic E-state index is -0.129. The smallest absolute Gasteiger partial charge is 0.237 e. The Kier molecular flexibility index (Phi) is 10.8. The van der Waals surface area contributed by atoms with Crippen molar-refractivity contribution in [2.75, 3.05) is 33.4 Å². The second-order valence-electron chi connectivity index (χ2n) is 4.81. The van der Waals surface area contributed by atoms with Gasteiger partial charge in [0.15, 0.2) is 0 Å². The van der Waals surface area contributed by atoms with Crippen LogP contribution in [0.3, 0.4) is 0 Å². The average molecular weight is 273 g/mol. The van der Waals surface area contributed by atoms with Crippen molar-refractivity contribution in [1.29, 1.82) is 0 Å². The van der Waals surface area contributed by atoms with Crippen molar-refractivity contribution in [2.24, 2.45) is 5.73 Å². The molecule has 0 aromatic heterocycles. The Labute approximate surface area is 117 Å². The van der Waals surface area contributed by atoms with Crippen molar-refractivity contribution in [1.82, 2.24) is 10.2 Å². The first-order chi connectivity index (χ1) is 9.12. The molecule has 5 heteroatoms. The number of hydrogen-bond acceptors (Lipinski definition) is 4. The molecule has 114 valence electrons. The number of nitrogens with one attached hydrogen (secondary N) is 1. The van der Waals surface area contributed by atoms with Crippen LogP contribution in [0, 0.1) is 0 Å². The standard InChI is InChI=1S/C14H31N3O2/c1-5-13(6-2)17(10-8-15)12(3)14(18)16-9-7-11-19-4/h12-13H,5-11,15H2,1-4H3,(H,16,18). The van der Waals surface area contributed by atoms with Crippen molar-refractivity contribution in [2.45, 2.75) is 52.1 Å². The summed E-state index contributed by atoms with van der Waals surface area (Å²) in [4.78, 5) is 14.3. The Morgan fingerprint density at radius 3 is 2.47 bits per heavy atom. The van der Waals surface area contributed by atoms with E-state index in [2.05, 4.69) is 24.1 Å². The molecule has 0 saturated carbocycles. The molecular formula is C14H31N3O2. The lowest BCUT2D eigenvalue weighted by molar-refractivity contribution is -0.126. The third-order valence-electron chi connectivity index (χ3n) is 3.50. The molecule has 0 bridgehead atoms. The highest BCUT2D eigenvalue weighted by Gasteiger charge is 2.25. The van der Waals surface area contributed by atoms with Gasteiger partial charge in [0.2, 0.25) is 5.91 Å². The summed E-state index contributed by atoms with van der Waals surface area (Å²) >= 11 is 0. The van der Waals surface area contributed by atoms with Crippen molar-refractivity contribution >= 4 is 5.91 Å². The maximum atomic E-state index is 12.1. The molecular weight excluding hydrogens is 242 g/mol. The molecule has 0 heterocycles. The topological polar surface area (TPSA) is 67.6 Å². The van der Waals surface area contributed by atoms with E-state index in [0.717, 1.165) is 25.8 Å². The Morgan fingerprint density at radius 2 is 2.00 bits per heavy atom. The highest BCUT2D eigenvalue weighted by Crippen LogP contribution is 2.12. The molecule has 1 atom stereocenters. The van der Waals surface area contributed by atoms with E-state index in [-0.39, 0.29) is 11.9 Å². The first-order valence-electron chi connectivity index (χ1n) is 7.34. The molecule has 0 aliphatic heterocycles. The summed E-state index contributed by atoms with van der Waals surface area (Å²) in [5.41, 5.74) is 5.66. The average Bonchev–Trinajstić information content (AvgIpc) is 2.43. The minimum Gasteiger partial charge on any atom is -0.385 e. The first kappa shape index (κ1) is 18.4. The molecule has 0 radical (unpaired) electrons. The minimum absolute atomic E-state index is 0.0800. The lowest BCUT2D eigenvalue weighted by Gasteiger charge is -2.34. The fourth-order valence-corrected chi connectivity index (χ4v) is 2.33. The summed E-state index contributed by atoms with van der Waals surface area (Å²) in [7, 11) is 1.67. The van der Waals surface area contributed by atoms with Crippen LogP contribution in [-0.4, -0.2) is 56.2 Å². The van der Waals surface area contributed by atoms with Gasteiger partial charge in [-0.25, -0.2) is 0 Å². The van der Waals surface area contributed by atoms with Gasteiger partial charge in [0, 0.05) is 39.4 Å². The first-order valence-corrected chi connectivity index (χ1v) is 7.34. The molecule has 19 heavy (non-hydrogen) atoms. The van der Waals surface area contributed by atoms with Gasteiger partial charge in [-0.1, -0.05) is 13.8 Å². The van der Waals surface area contributed by atoms with E-state index in [4.69, 9.17) is 10.5 Å². The number of amides is 1. The van der Waals surface area contributed by atoms with Crippen molar-refractivity contribution in [3.8, 4) is 0 Å². The second-order valence-corrected chi connectivity index (χ2v) is 4.81. The maximum absolute atomic E-state index is 12.1. The molecule has 5 nitrogen and oxygen atoms in total. The zero-order chi connectivity index (χ0) is 14.7. The van der Waals surface area contributed by atoms with Gasteiger partial charge in [-0.05, 0) is 26.2 Å². The second kappa shape index (κ2) is 11.2. The number of nitrogens with zero attached hydrogens (tertiary/aromatic N) is 1. The Bertz CT molecular complexity index is 233. The summed E-state index contributed by atoms with van der Waals surface area (Å²) in [6, 6.07) is 0.291. The lowest BCUT2D eigenvalue weighted by atomic mass is 10.1. The van der Waals surface area contributed by atoms with Crippen LogP contribution in [0.2, 0.25) is 0 Å². The van der Waals surface area contributed by atoms with Crippen LogP contribution >= 0.6 is 0 Å². The summed E-state index contributed by atoms with van der Waals surface area (Å²) in [6.07, 6.45) is 2.92. The van der Waals surface area contributed by atoms with E-state index in [1.54, 1.807) is 7.11 Å². The number of hydrogen-bond donors (Lipinski definition) is 2. The fourth-order valence-electron chi connectivity index (χ4n) is 2.33. The molecule has 3 N–H and O–H groups in total. The predicted octanol–water partition coefficient (Wildman–Crippen LogP) is 0.977. The highest BCUT2D eigenvalue weighted by molar-refractivity contribution is 5.81. The van der Waals surface area contributed by atoms with Gasteiger partial charge in [0.1, 0.15) is 0 Å². The van der Waals surface area contributed by atoms with E-state index in [0.29, 0.717) is 25.7 Å². The van der Waals surface area contributed by atoms with Gasteiger partial charge in [-0.15, -0.1) is 0 Å². The Balaban J connectivity index is 4.35. The van der Waals surface area contributed by atoms with Crippen LogP contribution in [-0.2, 0) is 9.53 Å². The molecule has 0 aliphatic rings. The van der Waals surface area contributed by atoms with Gasteiger partial charge in [0.25, 0.3) is 0 Å². The van der Waals surface area contributed by atoms with Gasteiger partial charge < -0.3 is 15.8 Å². The molecule has 0 spiro atoms.